The van der Waals surface area contributed by atoms with Gasteiger partial charge in [0.1, 0.15) is 17.1 Å². The molecular formula is C26H27N7O5. The van der Waals surface area contributed by atoms with Crippen molar-refractivity contribution in [3.05, 3.63) is 54.5 Å². The minimum Gasteiger partial charge on any atom is -0.477 e. The molecule has 12 heteroatoms. The van der Waals surface area contributed by atoms with Crippen LogP contribution in [-0.2, 0) is 9.47 Å². The van der Waals surface area contributed by atoms with Gasteiger partial charge in [0.25, 0.3) is 0 Å². The van der Waals surface area contributed by atoms with Crippen molar-refractivity contribution >= 4 is 40.4 Å². The number of aromatic nitrogens is 5. The molecule has 3 aromatic heterocycles. The molecule has 0 spiro atoms. The highest BCUT2D eigenvalue weighted by atomic mass is 16.6. The third-order valence-corrected chi connectivity index (χ3v) is 5.69. The topological polar surface area (TPSA) is 145 Å². The van der Waals surface area contributed by atoms with Crippen LogP contribution in [0.1, 0.15) is 31.3 Å². The number of carboxylic acid groups (broad SMARTS) is 1. The van der Waals surface area contributed by atoms with Crippen LogP contribution < -0.4 is 10.2 Å². The molecule has 1 saturated heterocycles. The average molecular weight is 518 g/mol. The lowest BCUT2D eigenvalue weighted by atomic mass is 10.1. The Hall–Kier alpha value is -4.58. The van der Waals surface area contributed by atoms with Gasteiger partial charge in [-0.05, 0) is 45.0 Å². The molecule has 0 saturated carbocycles. The molecule has 0 aliphatic carbocycles. The summed E-state index contributed by atoms with van der Waals surface area (Å²) in [6.45, 7) is 7.87. The van der Waals surface area contributed by atoms with Gasteiger partial charge in [0.05, 0.1) is 42.5 Å². The lowest BCUT2D eigenvalue weighted by molar-refractivity contribution is 0.0522. The van der Waals surface area contributed by atoms with E-state index in [1.807, 2.05) is 17.0 Å². The van der Waals surface area contributed by atoms with Gasteiger partial charge in [-0.3, -0.25) is 0 Å². The second-order valence-corrected chi connectivity index (χ2v) is 9.71. The van der Waals surface area contributed by atoms with Gasteiger partial charge >= 0.3 is 12.1 Å². The lowest BCUT2D eigenvalue weighted by Crippen LogP contribution is -2.37. The molecule has 196 valence electrons. The molecular weight excluding hydrogens is 490 g/mol. The Morgan fingerprint density at radius 1 is 1.05 bits per heavy atom. The number of carbonyl (C=O) groups excluding carboxylic acids is 1. The summed E-state index contributed by atoms with van der Waals surface area (Å²) >= 11 is 0. The number of benzene rings is 1. The van der Waals surface area contributed by atoms with E-state index in [2.05, 4.69) is 20.4 Å². The van der Waals surface area contributed by atoms with Gasteiger partial charge in [-0.2, -0.15) is 14.8 Å². The van der Waals surface area contributed by atoms with E-state index in [9.17, 15) is 9.59 Å². The first-order chi connectivity index (χ1) is 18.2. The summed E-state index contributed by atoms with van der Waals surface area (Å²) in [5.41, 5.74) is 1.98. The summed E-state index contributed by atoms with van der Waals surface area (Å²) in [4.78, 5) is 39.2. The number of anilines is 3. The zero-order valence-corrected chi connectivity index (χ0v) is 21.2. The standard InChI is InChI=1S/C26H27N7O5/c1-26(2,3)38-25(36)33-21-7-4-16(12-17(21)14-28-33)20-13-22(29-18-5-6-19(23(34)35)27-15-18)31-24(30-20)32-8-10-37-11-9-32/h4-7,12-15H,8-11H2,1-3H3,(H,34,35)(H,29,30,31). The second kappa shape index (κ2) is 10.1. The Bertz CT molecular complexity index is 1490. The number of fused-ring (bicyclic) bond motifs is 1. The number of carbonyl (C=O) groups is 2. The first kappa shape index (κ1) is 25.1. The van der Waals surface area contributed by atoms with E-state index < -0.39 is 17.7 Å². The van der Waals surface area contributed by atoms with Gasteiger partial charge in [-0.15, -0.1) is 0 Å². The summed E-state index contributed by atoms with van der Waals surface area (Å²) < 4.78 is 12.2. The SMILES string of the molecule is CC(C)(C)OC(=O)n1ncc2cc(-c3cc(Nc4ccc(C(=O)O)nc4)nc(N4CCOCC4)n3)ccc21. The number of hydrogen-bond donors (Lipinski definition) is 2. The molecule has 1 fully saturated rings. The van der Waals surface area contributed by atoms with Gasteiger partial charge in [0, 0.05) is 30.1 Å². The number of morpholine rings is 1. The van der Waals surface area contributed by atoms with Crippen molar-refractivity contribution < 1.29 is 24.2 Å². The minimum absolute atomic E-state index is 0.0480. The number of pyridine rings is 1. The second-order valence-electron chi connectivity index (χ2n) is 9.71. The summed E-state index contributed by atoms with van der Waals surface area (Å²) in [6, 6.07) is 10.4. The fraction of sp³-hybridized carbons (Fsp3) is 0.308. The summed E-state index contributed by atoms with van der Waals surface area (Å²) in [6.07, 6.45) is 2.50. The maximum Gasteiger partial charge on any atom is 0.435 e. The lowest BCUT2D eigenvalue weighted by Gasteiger charge is -2.27. The van der Waals surface area contributed by atoms with Gasteiger partial charge in [-0.1, -0.05) is 6.07 Å². The third-order valence-electron chi connectivity index (χ3n) is 5.69. The molecule has 1 aromatic carbocycles. The zero-order chi connectivity index (χ0) is 26.9. The van der Waals surface area contributed by atoms with Crippen LogP contribution in [0.4, 0.5) is 22.2 Å². The normalized spacial score (nSPS) is 13.9. The van der Waals surface area contributed by atoms with E-state index in [1.54, 1.807) is 45.2 Å². The van der Waals surface area contributed by atoms with E-state index in [4.69, 9.17) is 19.6 Å². The van der Waals surface area contributed by atoms with Crippen molar-refractivity contribution in [1.82, 2.24) is 24.7 Å². The number of hydrogen-bond acceptors (Lipinski definition) is 10. The Balaban J connectivity index is 1.50. The van der Waals surface area contributed by atoms with Crippen molar-refractivity contribution in [3.63, 3.8) is 0 Å². The number of nitrogens with zero attached hydrogens (tertiary/aromatic N) is 6. The molecule has 4 aromatic rings. The average Bonchev–Trinajstić information content (AvgIpc) is 3.32. The Labute approximate surface area is 218 Å². The van der Waals surface area contributed by atoms with Gasteiger partial charge in [0.15, 0.2) is 0 Å². The van der Waals surface area contributed by atoms with Crippen LogP contribution in [0.2, 0.25) is 0 Å². The minimum atomic E-state index is -1.10. The van der Waals surface area contributed by atoms with Crippen LogP contribution in [0.15, 0.2) is 48.8 Å². The van der Waals surface area contributed by atoms with E-state index in [0.29, 0.717) is 55.0 Å². The quantitative estimate of drug-likeness (QED) is 0.397. The largest absolute Gasteiger partial charge is 0.477 e. The number of ether oxygens (including phenoxy) is 2. The van der Waals surface area contributed by atoms with Crippen LogP contribution >= 0.6 is 0 Å². The van der Waals surface area contributed by atoms with Crippen molar-refractivity contribution in [2.75, 3.05) is 36.5 Å². The summed E-state index contributed by atoms with van der Waals surface area (Å²) in [5, 5.41) is 17.3. The molecule has 0 radical (unpaired) electrons. The van der Waals surface area contributed by atoms with Crippen molar-refractivity contribution in [1.29, 1.82) is 0 Å². The molecule has 0 atom stereocenters. The summed E-state index contributed by atoms with van der Waals surface area (Å²) in [5.74, 6) is -0.0419. The van der Waals surface area contributed by atoms with Crippen LogP contribution in [0, 0.1) is 0 Å². The highest BCUT2D eigenvalue weighted by Gasteiger charge is 2.21. The van der Waals surface area contributed by atoms with Crippen molar-refractivity contribution in [3.8, 4) is 11.3 Å². The van der Waals surface area contributed by atoms with Crippen LogP contribution in [0.25, 0.3) is 22.2 Å². The number of nitrogens with one attached hydrogen (secondary N) is 1. The van der Waals surface area contributed by atoms with Gasteiger partial charge in [-0.25, -0.2) is 19.6 Å². The first-order valence-corrected chi connectivity index (χ1v) is 12.1. The summed E-state index contributed by atoms with van der Waals surface area (Å²) in [7, 11) is 0. The van der Waals surface area contributed by atoms with Gasteiger partial charge < -0.3 is 24.8 Å². The van der Waals surface area contributed by atoms with Gasteiger partial charge in [0.2, 0.25) is 5.95 Å². The molecule has 2 N–H and O–H groups in total. The first-order valence-electron chi connectivity index (χ1n) is 12.1. The Kier molecular flexibility index (Phi) is 6.64. The molecule has 0 bridgehead atoms. The van der Waals surface area contributed by atoms with E-state index in [0.717, 1.165) is 10.9 Å². The van der Waals surface area contributed by atoms with E-state index in [-0.39, 0.29) is 5.69 Å². The Morgan fingerprint density at radius 3 is 2.53 bits per heavy atom. The molecule has 0 amide bonds. The predicted molar refractivity (Wildman–Crippen MR) is 140 cm³/mol. The maximum atomic E-state index is 12.6. The third kappa shape index (κ3) is 5.54. The number of aromatic carboxylic acids is 1. The molecule has 5 rings (SSSR count). The number of carboxylic acids is 1. The Morgan fingerprint density at radius 2 is 1.84 bits per heavy atom. The molecule has 0 unspecified atom stereocenters. The van der Waals surface area contributed by atoms with Crippen LogP contribution in [0.3, 0.4) is 0 Å². The van der Waals surface area contributed by atoms with E-state index >= 15 is 0 Å². The van der Waals surface area contributed by atoms with Crippen LogP contribution in [0.5, 0.6) is 0 Å². The number of rotatable bonds is 5. The van der Waals surface area contributed by atoms with Crippen molar-refractivity contribution in [2.45, 2.75) is 26.4 Å². The zero-order valence-electron chi connectivity index (χ0n) is 21.2. The molecule has 1 aliphatic heterocycles. The molecule has 1 aliphatic rings. The fourth-order valence-electron chi connectivity index (χ4n) is 3.94. The highest BCUT2D eigenvalue weighted by molar-refractivity contribution is 5.90. The van der Waals surface area contributed by atoms with Crippen LogP contribution in [-0.4, -0.2) is 73.8 Å². The highest BCUT2D eigenvalue weighted by Crippen LogP contribution is 2.28. The maximum absolute atomic E-state index is 12.6. The predicted octanol–water partition coefficient (Wildman–Crippen LogP) is 3.95. The molecule has 38 heavy (non-hydrogen) atoms. The smallest absolute Gasteiger partial charge is 0.435 e. The fourth-order valence-corrected chi connectivity index (χ4v) is 3.94. The molecule has 12 nitrogen and oxygen atoms in total. The van der Waals surface area contributed by atoms with E-state index in [1.165, 1.54) is 16.9 Å². The molecule has 4 heterocycles. The monoisotopic (exact) mass is 517 g/mol. The van der Waals surface area contributed by atoms with Crippen molar-refractivity contribution in [2.24, 2.45) is 0 Å².